The molecule has 0 aromatic heterocycles. The minimum Gasteiger partial charge on any atom is -0.338 e. The number of benzene rings is 1. The van der Waals surface area contributed by atoms with Gasteiger partial charge in [-0.3, -0.25) is 4.79 Å². The molecule has 21 heavy (non-hydrogen) atoms. The zero-order chi connectivity index (χ0) is 14.2. The van der Waals surface area contributed by atoms with Crippen LogP contribution in [0, 0.1) is 0 Å². The van der Waals surface area contributed by atoms with E-state index in [1.54, 1.807) is 0 Å². The summed E-state index contributed by atoms with van der Waals surface area (Å²) in [5.41, 5.74) is 1.32. The maximum absolute atomic E-state index is 12.4. The second-order valence-electron chi connectivity index (χ2n) is 5.57. The van der Waals surface area contributed by atoms with Crippen LogP contribution < -0.4 is 5.32 Å². The highest BCUT2D eigenvalue weighted by molar-refractivity contribution is 5.85. The maximum atomic E-state index is 12.4. The smallest absolute Gasteiger partial charge is 0.222 e. The molecule has 1 aromatic carbocycles. The minimum atomic E-state index is 0. The zero-order valence-corrected chi connectivity index (χ0v) is 13.7. The van der Waals surface area contributed by atoms with E-state index in [9.17, 15) is 4.79 Å². The third-order valence-corrected chi connectivity index (χ3v) is 3.96. The molecule has 1 N–H and O–H groups in total. The average Bonchev–Trinajstić information content (AvgIpc) is 2.99. The summed E-state index contributed by atoms with van der Waals surface area (Å²) in [5.74, 6) is 0.330. The van der Waals surface area contributed by atoms with Crippen LogP contribution in [0.25, 0.3) is 0 Å². The van der Waals surface area contributed by atoms with Crippen LogP contribution in [0.3, 0.4) is 0 Å². The van der Waals surface area contributed by atoms with Crippen LogP contribution in [0.1, 0.15) is 38.2 Å². The first-order chi connectivity index (χ1) is 9.81. The lowest BCUT2D eigenvalue weighted by molar-refractivity contribution is -0.133. The summed E-state index contributed by atoms with van der Waals surface area (Å²) in [6.07, 6.45) is 4.76. The van der Waals surface area contributed by atoms with Gasteiger partial charge in [0.25, 0.3) is 0 Å². The number of nitrogens with one attached hydrogen (secondary N) is 1. The van der Waals surface area contributed by atoms with Gasteiger partial charge in [0.15, 0.2) is 0 Å². The van der Waals surface area contributed by atoms with Crippen molar-refractivity contribution in [2.24, 2.45) is 0 Å². The van der Waals surface area contributed by atoms with E-state index in [-0.39, 0.29) is 12.4 Å². The Bertz CT molecular complexity index is 405. The van der Waals surface area contributed by atoms with Crippen LogP contribution >= 0.6 is 12.4 Å². The molecule has 1 fully saturated rings. The molecule has 1 aromatic rings. The first-order valence-electron chi connectivity index (χ1n) is 7.85. The largest absolute Gasteiger partial charge is 0.338 e. The quantitative estimate of drug-likeness (QED) is 0.839. The van der Waals surface area contributed by atoms with Gasteiger partial charge < -0.3 is 10.2 Å². The summed E-state index contributed by atoms with van der Waals surface area (Å²) in [6.45, 7) is 5.05. The summed E-state index contributed by atoms with van der Waals surface area (Å²) in [5, 5.41) is 3.35. The van der Waals surface area contributed by atoms with Gasteiger partial charge in [0, 0.05) is 25.6 Å². The molecule has 0 bridgehead atoms. The highest BCUT2D eigenvalue weighted by Crippen LogP contribution is 2.13. The van der Waals surface area contributed by atoms with Crippen LogP contribution in [0.5, 0.6) is 0 Å². The topological polar surface area (TPSA) is 32.3 Å². The lowest BCUT2D eigenvalue weighted by atomic mass is 10.1. The van der Waals surface area contributed by atoms with Crippen LogP contribution in [0.2, 0.25) is 0 Å². The average molecular weight is 311 g/mol. The van der Waals surface area contributed by atoms with Crippen molar-refractivity contribution in [2.45, 2.75) is 45.1 Å². The molecule has 1 aliphatic heterocycles. The van der Waals surface area contributed by atoms with Gasteiger partial charge in [-0.2, -0.15) is 0 Å². The molecule has 1 heterocycles. The molecule has 1 saturated heterocycles. The second-order valence-corrected chi connectivity index (χ2v) is 5.57. The van der Waals surface area contributed by atoms with E-state index in [2.05, 4.69) is 41.4 Å². The highest BCUT2D eigenvalue weighted by atomic mass is 35.5. The predicted octanol–water partition coefficient (Wildman–Crippen LogP) is 3.03. The number of halogens is 1. The number of amides is 1. The molecule has 1 aliphatic rings. The molecule has 0 radical (unpaired) electrons. The van der Waals surface area contributed by atoms with Gasteiger partial charge in [0.1, 0.15) is 0 Å². The zero-order valence-electron chi connectivity index (χ0n) is 12.9. The molecule has 1 unspecified atom stereocenters. The number of nitrogens with zero attached hydrogens (tertiary/aromatic N) is 1. The molecule has 0 aliphatic carbocycles. The highest BCUT2D eigenvalue weighted by Gasteiger charge is 2.25. The summed E-state index contributed by atoms with van der Waals surface area (Å²) in [4.78, 5) is 14.5. The monoisotopic (exact) mass is 310 g/mol. The van der Waals surface area contributed by atoms with Crippen LogP contribution in [0.15, 0.2) is 30.3 Å². The Morgan fingerprint density at radius 3 is 2.71 bits per heavy atom. The predicted molar refractivity (Wildman–Crippen MR) is 89.9 cm³/mol. The van der Waals surface area contributed by atoms with E-state index in [0.717, 1.165) is 45.3 Å². The normalized spacial score (nSPS) is 17.3. The Kier molecular flexibility index (Phi) is 8.40. The number of rotatable bonds is 7. The number of hydrogen-bond donors (Lipinski definition) is 1. The van der Waals surface area contributed by atoms with Crippen molar-refractivity contribution < 1.29 is 4.79 Å². The fourth-order valence-electron chi connectivity index (χ4n) is 2.89. The summed E-state index contributed by atoms with van der Waals surface area (Å²) < 4.78 is 0. The Balaban J connectivity index is 0.00000220. The lowest BCUT2D eigenvalue weighted by Crippen LogP contribution is -2.42. The summed E-state index contributed by atoms with van der Waals surface area (Å²) in [7, 11) is 0. The molecule has 0 saturated carbocycles. The summed E-state index contributed by atoms with van der Waals surface area (Å²) >= 11 is 0. The van der Waals surface area contributed by atoms with Gasteiger partial charge in [-0.25, -0.2) is 0 Å². The lowest BCUT2D eigenvalue weighted by Gasteiger charge is -2.28. The first-order valence-corrected chi connectivity index (χ1v) is 7.85. The van der Waals surface area contributed by atoms with Crippen molar-refractivity contribution in [3.8, 4) is 0 Å². The van der Waals surface area contributed by atoms with Crippen LogP contribution in [-0.4, -0.2) is 36.5 Å². The standard InChI is InChI=1S/C17H26N2O.ClH/c1-2-13-19(16-11-12-18-14-16)17(20)10-6-9-15-7-4-3-5-8-15;/h3-5,7-8,16,18H,2,6,9-14H2,1H3;1H. The minimum absolute atomic E-state index is 0. The Morgan fingerprint density at radius 1 is 1.33 bits per heavy atom. The fraction of sp³-hybridized carbons (Fsp3) is 0.588. The first kappa shape index (κ1) is 18.0. The maximum Gasteiger partial charge on any atom is 0.222 e. The molecule has 4 heteroatoms. The third kappa shape index (κ3) is 5.68. The number of hydrogen-bond acceptors (Lipinski definition) is 2. The SMILES string of the molecule is CCCN(C(=O)CCCc1ccccc1)C1CCNC1.Cl. The third-order valence-electron chi connectivity index (χ3n) is 3.96. The van der Waals surface area contributed by atoms with Gasteiger partial charge in [-0.1, -0.05) is 37.3 Å². The number of carbonyl (C=O) groups excluding carboxylic acids is 1. The Labute approximate surface area is 134 Å². The molecular weight excluding hydrogens is 284 g/mol. The van der Waals surface area contributed by atoms with Gasteiger partial charge in [-0.15, -0.1) is 12.4 Å². The number of carbonyl (C=O) groups is 1. The van der Waals surface area contributed by atoms with Gasteiger partial charge in [0.2, 0.25) is 5.91 Å². The molecule has 1 amide bonds. The van der Waals surface area contributed by atoms with E-state index < -0.39 is 0 Å². The molecular formula is C17H27ClN2O. The van der Waals surface area contributed by atoms with Crippen molar-refractivity contribution in [3.05, 3.63) is 35.9 Å². The van der Waals surface area contributed by atoms with Crippen LogP contribution in [0.4, 0.5) is 0 Å². The van der Waals surface area contributed by atoms with Gasteiger partial charge in [-0.05, 0) is 37.8 Å². The molecule has 1 atom stereocenters. The van der Waals surface area contributed by atoms with E-state index in [1.807, 2.05) is 6.07 Å². The fourth-order valence-corrected chi connectivity index (χ4v) is 2.89. The Morgan fingerprint density at radius 2 is 2.10 bits per heavy atom. The van der Waals surface area contributed by atoms with E-state index in [4.69, 9.17) is 0 Å². The van der Waals surface area contributed by atoms with E-state index >= 15 is 0 Å². The Hall–Kier alpha value is -1.06. The summed E-state index contributed by atoms with van der Waals surface area (Å²) in [6, 6.07) is 10.8. The second kappa shape index (κ2) is 9.80. The molecule has 3 nitrogen and oxygen atoms in total. The van der Waals surface area contributed by atoms with Gasteiger partial charge >= 0.3 is 0 Å². The number of aryl methyl sites for hydroxylation is 1. The molecule has 118 valence electrons. The van der Waals surface area contributed by atoms with Crippen molar-refractivity contribution in [1.82, 2.24) is 10.2 Å². The molecule has 0 spiro atoms. The molecule has 2 rings (SSSR count). The van der Waals surface area contributed by atoms with E-state index in [1.165, 1.54) is 5.56 Å². The van der Waals surface area contributed by atoms with Crippen molar-refractivity contribution >= 4 is 18.3 Å². The van der Waals surface area contributed by atoms with Crippen molar-refractivity contribution in [1.29, 1.82) is 0 Å². The van der Waals surface area contributed by atoms with E-state index in [0.29, 0.717) is 18.4 Å². The van der Waals surface area contributed by atoms with Crippen molar-refractivity contribution in [2.75, 3.05) is 19.6 Å². The van der Waals surface area contributed by atoms with Crippen LogP contribution in [-0.2, 0) is 11.2 Å². The van der Waals surface area contributed by atoms with Gasteiger partial charge in [0.05, 0.1) is 0 Å². The van der Waals surface area contributed by atoms with Crippen molar-refractivity contribution in [3.63, 3.8) is 0 Å².